The monoisotopic (exact) mass is 313 g/mol. The molecular weight excluding hydrogens is 302 g/mol. The maximum Gasteiger partial charge on any atom is 0.251 e. The molecule has 1 aromatic carbocycles. The number of pyridine rings is 1. The van der Waals surface area contributed by atoms with E-state index in [2.05, 4.69) is 15.3 Å². The molecule has 0 aliphatic heterocycles. The van der Waals surface area contributed by atoms with Crippen molar-refractivity contribution in [2.75, 3.05) is 0 Å². The minimum absolute atomic E-state index is 0.0686. The van der Waals surface area contributed by atoms with Crippen LogP contribution in [0.4, 0.5) is 0 Å². The fourth-order valence-corrected chi connectivity index (χ4v) is 2.40. The number of nitrogens with one attached hydrogen (secondary N) is 1. The Morgan fingerprint density at radius 2 is 2.14 bits per heavy atom. The molecule has 0 bridgehead atoms. The number of carbonyl (C=O) groups is 1. The standard InChI is InChI=1S/C16H12ClN3O2/c17-14-8-10(5-6-18-14)16-20-12-7-9(1-4-13(12)22-16)15(21)19-11-2-3-11/h1,4-8,11H,2-3H2,(H,19,21). The highest BCUT2D eigenvalue weighted by Gasteiger charge is 2.24. The van der Waals surface area contributed by atoms with Crippen LogP contribution in [0.5, 0.6) is 0 Å². The molecule has 1 fully saturated rings. The highest BCUT2D eigenvalue weighted by Crippen LogP contribution is 2.26. The largest absolute Gasteiger partial charge is 0.436 e. The summed E-state index contributed by atoms with van der Waals surface area (Å²) >= 11 is 5.88. The third-order valence-corrected chi connectivity index (χ3v) is 3.74. The van der Waals surface area contributed by atoms with Crippen LogP contribution in [0.2, 0.25) is 5.15 Å². The number of nitrogens with zero attached hydrogens (tertiary/aromatic N) is 2. The van der Waals surface area contributed by atoms with E-state index in [1.54, 1.807) is 36.5 Å². The highest BCUT2D eigenvalue weighted by molar-refractivity contribution is 6.29. The average Bonchev–Trinajstić information content (AvgIpc) is 3.22. The van der Waals surface area contributed by atoms with Crippen molar-refractivity contribution in [3.8, 4) is 11.5 Å². The van der Waals surface area contributed by atoms with Gasteiger partial charge in [-0.2, -0.15) is 0 Å². The van der Waals surface area contributed by atoms with Gasteiger partial charge < -0.3 is 9.73 Å². The summed E-state index contributed by atoms with van der Waals surface area (Å²) in [7, 11) is 0. The second-order valence-corrected chi connectivity index (χ2v) is 5.70. The summed E-state index contributed by atoms with van der Waals surface area (Å²) in [6.07, 6.45) is 3.72. The van der Waals surface area contributed by atoms with Crippen molar-refractivity contribution in [1.29, 1.82) is 0 Å². The summed E-state index contributed by atoms with van der Waals surface area (Å²) in [6.45, 7) is 0. The third kappa shape index (κ3) is 2.55. The number of fused-ring (bicyclic) bond motifs is 1. The maximum absolute atomic E-state index is 12.1. The molecule has 1 saturated carbocycles. The lowest BCUT2D eigenvalue weighted by Gasteiger charge is -2.01. The number of carbonyl (C=O) groups excluding carboxylic acids is 1. The molecule has 0 saturated heterocycles. The van der Waals surface area contributed by atoms with Crippen molar-refractivity contribution < 1.29 is 9.21 Å². The van der Waals surface area contributed by atoms with Gasteiger partial charge in [-0.15, -0.1) is 0 Å². The van der Waals surface area contributed by atoms with Gasteiger partial charge in [-0.3, -0.25) is 4.79 Å². The van der Waals surface area contributed by atoms with Gasteiger partial charge in [0.1, 0.15) is 10.7 Å². The van der Waals surface area contributed by atoms with Gasteiger partial charge >= 0.3 is 0 Å². The van der Waals surface area contributed by atoms with Crippen molar-refractivity contribution in [2.24, 2.45) is 0 Å². The molecular formula is C16H12ClN3O2. The molecule has 22 heavy (non-hydrogen) atoms. The van der Waals surface area contributed by atoms with Gasteiger partial charge in [0.25, 0.3) is 5.91 Å². The first-order chi connectivity index (χ1) is 10.7. The number of halogens is 1. The zero-order valence-corrected chi connectivity index (χ0v) is 12.3. The topological polar surface area (TPSA) is 68.0 Å². The van der Waals surface area contributed by atoms with Crippen molar-refractivity contribution in [3.63, 3.8) is 0 Å². The van der Waals surface area contributed by atoms with Gasteiger partial charge in [0.15, 0.2) is 5.58 Å². The van der Waals surface area contributed by atoms with Gasteiger partial charge in [0, 0.05) is 23.4 Å². The minimum atomic E-state index is -0.0686. The van der Waals surface area contributed by atoms with E-state index in [4.69, 9.17) is 16.0 Å². The van der Waals surface area contributed by atoms with Crippen LogP contribution in [0.3, 0.4) is 0 Å². The molecule has 6 heteroatoms. The molecule has 0 radical (unpaired) electrons. The Labute approximate surface area is 131 Å². The molecule has 2 aromatic heterocycles. The van der Waals surface area contributed by atoms with Crippen molar-refractivity contribution >= 4 is 28.6 Å². The Kier molecular flexibility index (Phi) is 3.08. The van der Waals surface area contributed by atoms with Gasteiger partial charge in [0.05, 0.1) is 0 Å². The Bertz CT molecular complexity index is 871. The smallest absolute Gasteiger partial charge is 0.251 e. The number of aromatic nitrogens is 2. The normalized spacial score (nSPS) is 14.2. The SMILES string of the molecule is O=C(NC1CC1)c1ccc2oc(-c3ccnc(Cl)c3)nc2c1. The van der Waals surface area contributed by atoms with E-state index in [9.17, 15) is 4.79 Å². The molecule has 1 aliphatic carbocycles. The molecule has 0 spiro atoms. The Balaban J connectivity index is 1.69. The maximum atomic E-state index is 12.1. The molecule has 1 amide bonds. The number of hydrogen-bond acceptors (Lipinski definition) is 4. The quantitative estimate of drug-likeness (QED) is 0.752. The minimum Gasteiger partial charge on any atom is -0.436 e. The molecule has 0 atom stereocenters. The fourth-order valence-electron chi connectivity index (χ4n) is 2.22. The summed E-state index contributed by atoms with van der Waals surface area (Å²) in [5, 5.41) is 3.34. The van der Waals surface area contributed by atoms with Crippen LogP contribution in [0.1, 0.15) is 23.2 Å². The predicted octanol–water partition coefficient (Wildman–Crippen LogP) is 3.44. The number of oxazole rings is 1. The summed E-state index contributed by atoms with van der Waals surface area (Å²) < 4.78 is 5.71. The van der Waals surface area contributed by atoms with E-state index in [1.165, 1.54) is 0 Å². The van der Waals surface area contributed by atoms with E-state index in [0.717, 1.165) is 18.4 Å². The highest BCUT2D eigenvalue weighted by atomic mass is 35.5. The average molecular weight is 314 g/mol. The van der Waals surface area contributed by atoms with Crippen LogP contribution in [-0.4, -0.2) is 21.9 Å². The van der Waals surface area contributed by atoms with Gasteiger partial charge in [-0.1, -0.05) is 11.6 Å². The van der Waals surface area contributed by atoms with Crippen LogP contribution in [0.25, 0.3) is 22.6 Å². The van der Waals surface area contributed by atoms with Gasteiger partial charge in [-0.25, -0.2) is 9.97 Å². The van der Waals surface area contributed by atoms with E-state index in [1.807, 2.05) is 0 Å². The molecule has 4 rings (SSSR count). The second-order valence-electron chi connectivity index (χ2n) is 5.32. The predicted molar refractivity (Wildman–Crippen MR) is 82.7 cm³/mol. The molecule has 1 aliphatic rings. The second kappa shape index (κ2) is 5.10. The first-order valence-corrected chi connectivity index (χ1v) is 7.40. The summed E-state index contributed by atoms with van der Waals surface area (Å²) in [4.78, 5) is 20.4. The number of hydrogen-bond donors (Lipinski definition) is 1. The van der Waals surface area contributed by atoms with Crippen molar-refractivity contribution in [2.45, 2.75) is 18.9 Å². The number of benzene rings is 1. The number of rotatable bonds is 3. The first-order valence-electron chi connectivity index (χ1n) is 7.02. The van der Waals surface area contributed by atoms with E-state index < -0.39 is 0 Å². The van der Waals surface area contributed by atoms with Crippen LogP contribution < -0.4 is 5.32 Å². The summed E-state index contributed by atoms with van der Waals surface area (Å²) in [5.74, 6) is 0.389. The Hall–Kier alpha value is -2.40. The molecule has 2 heterocycles. The van der Waals surface area contributed by atoms with E-state index in [0.29, 0.717) is 33.7 Å². The van der Waals surface area contributed by atoms with Crippen LogP contribution >= 0.6 is 11.6 Å². The van der Waals surface area contributed by atoms with E-state index in [-0.39, 0.29) is 5.91 Å². The lowest BCUT2D eigenvalue weighted by Crippen LogP contribution is -2.25. The van der Waals surface area contributed by atoms with Crippen molar-refractivity contribution in [1.82, 2.24) is 15.3 Å². The van der Waals surface area contributed by atoms with Gasteiger partial charge in [-0.05, 0) is 43.2 Å². The third-order valence-electron chi connectivity index (χ3n) is 3.54. The summed E-state index contributed by atoms with van der Waals surface area (Å²) in [6, 6.07) is 9.04. The van der Waals surface area contributed by atoms with Crippen LogP contribution in [0.15, 0.2) is 40.9 Å². The lowest BCUT2D eigenvalue weighted by atomic mass is 10.2. The Morgan fingerprint density at radius 3 is 2.91 bits per heavy atom. The molecule has 110 valence electrons. The van der Waals surface area contributed by atoms with Crippen molar-refractivity contribution in [3.05, 3.63) is 47.2 Å². The molecule has 0 unspecified atom stereocenters. The van der Waals surface area contributed by atoms with Crippen LogP contribution in [-0.2, 0) is 0 Å². The number of amides is 1. The van der Waals surface area contributed by atoms with Gasteiger partial charge in [0.2, 0.25) is 5.89 Å². The Morgan fingerprint density at radius 1 is 1.27 bits per heavy atom. The first kappa shape index (κ1) is 13.3. The zero-order valence-electron chi connectivity index (χ0n) is 11.5. The summed E-state index contributed by atoms with van der Waals surface area (Å²) in [5.41, 5.74) is 2.62. The zero-order chi connectivity index (χ0) is 15.1. The molecule has 5 nitrogen and oxygen atoms in total. The molecule has 3 aromatic rings. The van der Waals surface area contributed by atoms with Crippen LogP contribution in [0, 0.1) is 0 Å². The molecule has 1 N–H and O–H groups in total. The van der Waals surface area contributed by atoms with E-state index >= 15 is 0 Å². The fraction of sp³-hybridized carbons (Fsp3) is 0.188. The lowest BCUT2D eigenvalue weighted by molar-refractivity contribution is 0.0951.